The van der Waals surface area contributed by atoms with Crippen molar-refractivity contribution < 1.29 is 22.7 Å². The van der Waals surface area contributed by atoms with E-state index in [0.717, 1.165) is 16.8 Å². The topological polar surface area (TPSA) is 85.6 Å². The summed E-state index contributed by atoms with van der Waals surface area (Å²) in [6, 6.07) is 22.8. The lowest BCUT2D eigenvalue weighted by Gasteiger charge is -2.13. The monoisotopic (exact) mass is 654 g/mol. The predicted octanol–water partition coefficient (Wildman–Crippen LogP) is 7.40. The molecule has 7 nitrogen and oxygen atoms in total. The first kappa shape index (κ1) is 29.0. The fourth-order valence-electron chi connectivity index (χ4n) is 4.06. The molecule has 1 amide bonds. The highest BCUT2D eigenvalue weighted by atomic mass is 79.9. The summed E-state index contributed by atoms with van der Waals surface area (Å²) in [6.07, 6.45) is -3.34. The summed E-state index contributed by atoms with van der Waals surface area (Å²) in [6.45, 7) is -0.358. The number of hydrogen-bond donors (Lipinski definition) is 1. The third-order valence-corrected chi connectivity index (χ3v) is 6.76. The van der Waals surface area contributed by atoms with Crippen molar-refractivity contribution in [2.75, 3.05) is 11.9 Å². The van der Waals surface area contributed by atoms with Crippen molar-refractivity contribution in [1.82, 2.24) is 9.66 Å². The van der Waals surface area contributed by atoms with Gasteiger partial charge in [-0.05, 0) is 64.5 Å². The average molecular weight is 656 g/mol. The highest BCUT2D eigenvalue weighted by Gasteiger charge is 2.31. The van der Waals surface area contributed by atoms with Crippen LogP contribution in [-0.4, -0.2) is 28.4 Å². The number of ether oxygens (including phenoxy) is 1. The molecular formula is C30H19BrClF3N4O3. The number of nitrogens with zero attached hydrogens (tertiary/aromatic N) is 3. The number of carbonyl (C=O) groups excluding carboxylic acids is 1. The zero-order chi connectivity index (χ0) is 29.9. The Morgan fingerprint density at radius 1 is 1.02 bits per heavy atom. The van der Waals surface area contributed by atoms with Crippen LogP contribution in [0.3, 0.4) is 0 Å². The molecule has 0 saturated carbocycles. The lowest BCUT2D eigenvalue weighted by Crippen LogP contribution is -2.21. The number of benzene rings is 4. The molecule has 1 N–H and O–H groups in total. The van der Waals surface area contributed by atoms with Crippen LogP contribution in [0.1, 0.15) is 11.1 Å². The number of nitrogens with one attached hydrogen (secondary N) is 1. The second-order valence-corrected chi connectivity index (χ2v) is 10.2. The van der Waals surface area contributed by atoms with E-state index in [9.17, 15) is 22.8 Å². The smallest absolute Gasteiger partial charge is 0.416 e. The highest BCUT2D eigenvalue weighted by molar-refractivity contribution is 9.10. The van der Waals surface area contributed by atoms with Crippen molar-refractivity contribution in [2.24, 2.45) is 5.10 Å². The van der Waals surface area contributed by atoms with E-state index in [4.69, 9.17) is 16.3 Å². The van der Waals surface area contributed by atoms with E-state index in [1.165, 1.54) is 24.4 Å². The Hall–Kier alpha value is -4.48. The zero-order valence-electron chi connectivity index (χ0n) is 21.4. The van der Waals surface area contributed by atoms with Gasteiger partial charge in [0.2, 0.25) is 0 Å². The molecule has 0 aliphatic carbocycles. The molecule has 0 aliphatic heterocycles. The van der Waals surface area contributed by atoms with Crippen LogP contribution in [-0.2, 0) is 11.0 Å². The zero-order valence-corrected chi connectivity index (χ0v) is 23.7. The quantitative estimate of drug-likeness (QED) is 0.185. The van der Waals surface area contributed by atoms with Gasteiger partial charge in [-0.25, -0.2) is 4.98 Å². The van der Waals surface area contributed by atoms with E-state index in [-0.39, 0.29) is 34.7 Å². The summed E-state index contributed by atoms with van der Waals surface area (Å²) in [4.78, 5) is 30.4. The van der Waals surface area contributed by atoms with Crippen molar-refractivity contribution >= 4 is 56.2 Å². The average Bonchev–Trinajstić information content (AvgIpc) is 2.96. The molecule has 0 radical (unpaired) electrons. The van der Waals surface area contributed by atoms with E-state index in [0.29, 0.717) is 20.7 Å². The second kappa shape index (κ2) is 12.2. The largest absolute Gasteiger partial charge is 0.482 e. The lowest BCUT2D eigenvalue weighted by atomic mass is 10.1. The Balaban J connectivity index is 1.55. The van der Waals surface area contributed by atoms with Crippen LogP contribution in [0.25, 0.3) is 22.3 Å². The van der Waals surface area contributed by atoms with Gasteiger partial charge in [0.1, 0.15) is 5.75 Å². The predicted molar refractivity (Wildman–Crippen MR) is 159 cm³/mol. The Bertz CT molecular complexity index is 1880. The van der Waals surface area contributed by atoms with Crippen molar-refractivity contribution in [2.45, 2.75) is 6.18 Å². The van der Waals surface area contributed by atoms with E-state index < -0.39 is 23.2 Å². The van der Waals surface area contributed by atoms with Gasteiger partial charge in [0.05, 0.1) is 27.2 Å². The standard InChI is InChI=1S/C30H19BrClF3N4O3/c31-24-15-21(32)14-19(27(24)42-17-26(40)37-22-9-2-1-3-10-22)16-36-39-28(18-7-6-8-20(13-18)30(33,34)35)38-25-12-5-4-11-23(25)29(39)41/h1-16H,17H2,(H,37,40). The molecule has 5 aromatic rings. The van der Waals surface area contributed by atoms with Gasteiger partial charge in [0.15, 0.2) is 12.4 Å². The van der Waals surface area contributed by atoms with Gasteiger partial charge in [-0.3, -0.25) is 9.59 Å². The van der Waals surface area contributed by atoms with Crippen molar-refractivity contribution in [3.63, 3.8) is 0 Å². The number of hydrogen-bond acceptors (Lipinski definition) is 5. The first-order valence-corrected chi connectivity index (χ1v) is 13.5. The molecule has 0 fully saturated rings. The van der Waals surface area contributed by atoms with Crippen LogP contribution in [0, 0.1) is 0 Å². The van der Waals surface area contributed by atoms with Crippen LogP contribution in [0.15, 0.2) is 105 Å². The normalized spacial score (nSPS) is 11.6. The fourth-order valence-corrected chi connectivity index (χ4v) is 5.01. The molecule has 0 spiro atoms. The van der Waals surface area contributed by atoms with Gasteiger partial charge in [-0.2, -0.15) is 22.9 Å². The summed E-state index contributed by atoms with van der Waals surface area (Å²) in [5.74, 6) is -0.326. The third-order valence-electron chi connectivity index (χ3n) is 5.96. The number of anilines is 1. The minimum Gasteiger partial charge on any atom is -0.482 e. The second-order valence-electron chi connectivity index (χ2n) is 8.90. The number of rotatable bonds is 7. The maximum atomic E-state index is 13.5. The number of para-hydroxylation sites is 2. The molecule has 0 aliphatic rings. The molecule has 0 saturated heterocycles. The molecular weight excluding hydrogens is 637 g/mol. The van der Waals surface area contributed by atoms with Crippen LogP contribution in [0.2, 0.25) is 5.02 Å². The minimum atomic E-state index is -4.60. The number of fused-ring (bicyclic) bond motifs is 1. The van der Waals surface area contributed by atoms with Crippen molar-refractivity contribution in [3.8, 4) is 17.1 Å². The van der Waals surface area contributed by atoms with Crippen LogP contribution in [0.4, 0.5) is 18.9 Å². The number of amides is 1. The molecule has 0 unspecified atom stereocenters. The van der Waals surface area contributed by atoms with E-state index in [2.05, 4.69) is 31.3 Å². The van der Waals surface area contributed by atoms with Crippen molar-refractivity contribution in [3.05, 3.63) is 122 Å². The first-order valence-electron chi connectivity index (χ1n) is 12.3. The summed E-state index contributed by atoms with van der Waals surface area (Å²) in [5.41, 5.74) is -0.298. The van der Waals surface area contributed by atoms with E-state index >= 15 is 0 Å². The summed E-state index contributed by atoms with van der Waals surface area (Å²) < 4.78 is 47.5. The minimum absolute atomic E-state index is 0.0335. The van der Waals surface area contributed by atoms with Crippen LogP contribution >= 0.6 is 27.5 Å². The fraction of sp³-hybridized carbons (Fsp3) is 0.0667. The molecule has 12 heteroatoms. The third kappa shape index (κ3) is 6.53. The van der Waals surface area contributed by atoms with Crippen LogP contribution in [0.5, 0.6) is 5.75 Å². The van der Waals surface area contributed by atoms with Crippen molar-refractivity contribution in [1.29, 1.82) is 0 Å². The molecule has 0 atom stereocenters. The molecule has 42 heavy (non-hydrogen) atoms. The maximum absolute atomic E-state index is 13.5. The van der Waals surface area contributed by atoms with Gasteiger partial charge in [0, 0.05) is 21.8 Å². The molecule has 0 bridgehead atoms. The SMILES string of the molecule is O=C(COc1c(Br)cc(Cl)cc1C=Nn1c(-c2cccc(C(F)(F)F)c2)nc2ccccc2c1=O)Nc1ccccc1. The lowest BCUT2D eigenvalue weighted by molar-refractivity contribution is -0.137. The number of carbonyl (C=O) groups is 1. The molecule has 1 heterocycles. The number of aromatic nitrogens is 2. The molecule has 1 aromatic heterocycles. The maximum Gasteiger partial charge on any atom is 0.416 e. The van der Waals surface area contributed by atoms with Gasteiger partial charge in [-0.1, -0.05) is 54.1 Å². The summed E-state index contributed by atoms with van der Waals surface area (Å²) >= 11 is 9.63. The van der Waals surface area contributed by atoms with E-state index in [1.807, 2.05) is 6.07 Å². The Kier molecular flexibility index (Phi) is 8.41. The van der Waals surface area contributed by atoms with Gasteiger partial charge in [-0.15, -0.1) is 0 Å². The summed E-state index contributed by atoms with van der Waals surface area (Å²) in [7, 11) is 0. The molecule has 4 aromatic carbocycles. The van der Waals surface area contributed by atoms with Gasteiger partial charge < -0.3 is 10.1 Å². The van der Waals surface area contributed by atoms with Gasteiger partial charge >= 0.3 is 6.18 Å². The van der Waals surface area contributed by atoms with E-state index in [1.54, 1.807) is 54.6 Å². The highest BCUT2D eigenvalue weighted by Crippen LogP contribution is 2.33. The molecule has 212 valence electrons. The van der Waals surface area contributed by atoms with Crippen LogP contribution < -0.4 is 15.6 Å². The first-order chi connectivity index (χ1) is 20.1. The number of halogens is 5. The number of alkyl halides is 3. The Morgan fingerprint density at radius 3 is 2.52 bits per heavy atom. The van der Waals surface area contributed by atoms with Gasteiger partial charge in [0.25, 0.3) is 11.5 Å². The molecule has 5 rings (SSSR count). The Morgan fingerprint density at radius 2 is 1.76 bits per heavy atom. The Labute approximate surface area is 250 Å². The summed E-state index contributed by atoms with van der Waals surface area (Å²) in [5, 5.41) is 7.53.